The van der Waals surface area contributed by atoms with Gasteiger partial charge in [0.25, 0.3) is 15.9 Å². The number of sulfonamides is 1. The standard InChI is InChI=1S/C30H25F6N3O4S/c1-2-3-4-9-27(40)39-44(42,43)26-8-6-5-7-25(26)38-28(41)19-11-13-23-18(14-19)10-12-24(37-23)20-15-21(29(31,32)33)17-22(16-20)30(34,35)36/h5-8,10-17H,2-4,9H2,1H3,(H,38,41)(H,39,40). The number of carbonyl (C=O) groups excluding carboxylic acids is 2. The lowest BCUT2D eigenvalue weighted by atomic mass is 10.0. The van der Waals surface area contributed by atoms with Crippen molar-refractivity contribution in [1.82, 2.24) is 9.71 Å². The van der Waals surface area contributed by atoms with E-state index in [9.17, 15) is 44.3 Å². The van der Waals surface area contributed by atoms with Gasteiger partial charge in [0.1, 0.15) is 4.90 Å². The zero-order chi connectivity index (χ0) is 32.3. The summed E-state index contributed by atoms with van der Waals surface area (Å²) in [6.07, 6.45) is -7.90. The molecule has 2 amide bonds. The normalized spacial score (nSPS) is 12.2. The minimum absolute atomic E-state index is 0.0195. The van der Waals surface area contributed by atoms with Crippen LogP contribution in [-0.4, -0.2) is 25.2 Å². The molecule has 0 atom stereocenters. The predicted molar refractivity (Wildman–Crippen MR) is 151 cm³/mol. The van der Waals surface area contributed by atoms with Crippen molar-refractivity contribution >= 4 is 38.4 Å². The lowest BCUT2D eigenvalue weighted by Gasteiger charge is -2.14. The van der Waals surface area contributed by atoms with Gasteiger partial charge in [0, 0.05) is 22.9 Å². The van der Waals surface area contributed by atoms with Crippen LogP contribution in [0.3, 0.4) is 0 Å². The van der Waals surface area contributed by atoms with E-state index in [4.69, 9.17) is 0 Å². The molecule has 7 nitrogen and oxygen atoms in total. The van der Waals surface area contributed by atoms with Gasteiger partial charge in [-0.15, -0.1) is 0 Å². The lowest BCUT2D eigenvalue weighted by molar-refractivity contribution is -0.143. The molecule has 0 unspecified atom stereocenters. The first kappa shape index (κ1) is 32.5. The third-order valence-corrected chi connectivity index (χ3v) is 7.95. The third kappa shape index (κ3) is 7.73. The number of nitrogens with zero attached hydrogens (tertiary/aromatic N) is 1. The number of unbranched alkanes of at least 4 members (excludes halogenated alkanes) is 2. The lowest BCUT2D eigenvalue weighted by Crippen LogP contribution is -2.31. The Labute approximate surface area is 248 Å². The quantitative estimate of drug-likeness (QED) is 0.145. The van der Waals surface area contributed by atoms with Crippen LogP contribution < -0.4 is 10.0 Å². The zero-order valence-electron chi connectivity index (χ0n) is 23.0. The number of pyridine rings is 1. The first-order valence-corrected chi connectivity index (χ1v) is 14.7. The number of fused-ring (bicyclic) bond motifs is 1. The van der Waals surface area contributed by atoms with E-state index in [1.807, 2.05) is 11.6 Å². The molecule has 0 fully saturated rings. The van der Waals surface area contributed by atoms with E-state index >= 15 is 0 Å². The van der Waals surface area contributed by atoms with Crippen LogP contribution >= 0.6 is 0 Å². The molecule has 0 aliphatic carbocycles. The molecule has 4 aromatic rings. The Hall–Kier alpha value is -4.46. The molecule has 0 spiro atoms. The van der Waals surface area contributed by atoms with Gasteiger partial charge in [0.05, 0.1) is 28.0 Å². The Balaban J connectivity index is 1.60. The SMILES string of the molecule is CCCCCC(=O)NS(=O)(=O)c1ccccc1NC(=O)c1ccc2nc(-c3cc(C(F)(F)F)cc(C(F)(F)F)c3)ccc2c1. The van der Waals surface area contributed by atoms with Gasteiger partial charge in [-0.2, -0.15) is 26.3 Å². The number of benzene rings is 3. The smallest absolute Gasteiger partial charge is 0.321 e. The number of rotatable bonds is 9. The fourth-order valence-corrected chi connectivity index (χ4v) is 5.50. The Morgan fingerprint density at radius 2 is 1.48 bits per heavy atom. The van der Waals surface area contributed by atoms with E-state index in [1.54, 1.807) is 0 Å². The van der Waals surface area contributed by atoms with E-state index < -0.39 is 50.9 Å². The maximum Gasteiger partial charge on any atom is 0.416 e. The number of hydrogen-bond acceptors (Lipinski definition) is 5. The number of carbonyl (C=O) groups is 2. The average molecular weight is 638 g/mol. The molecule has 0 aliphatic heterocycles. The molecule has 14 heteroatoms. The summed E-state index contributed by atoms with van der Waals surface area (Å²) in [5.41, 5.74) is -3.36. The molecule has 0 saturated carbocycles. The maximum absolute atomic E-state index is 13.3. The Morgan fingerprint density at radius 3 is 2.11 bits per heavy atom. The van der Waals surface area contributed by atoms with Gasteiger partial charge in [-0.3, -0.25) is 9.59 Å². The molecular formula is C30H25F6N3O4S. The van der Waals surface area contributed by atoms with E-state index in [2.05, 4.69) is 10.3 Å². The molecular weight excluding hydrogens is 612 g/mol. The van der Waals surface area contributed by atoms with Gasteiger partial charge in [-0.25, -0.2) is 18.1 Å². The summed E-state index contributed by atoms with van der Waals surface area (Å²) in [4.78, 5) is 29.1. The number of amides is 2. The highest BCUT2D eigenvalue weighted by Gasteiger charge is 2.37. The van der Waals surface area contributed by atoms with Crippen molar-refractivity contribution in [1.29, 1.82) is 0 Å². The first-order valence-electron chi connectivity index (χ1n) is 13.2. The summed E-state index contributed by atoms with van der Waals surface area (Å²) in [5.74, 6) is -1.40. The number of anilines is 1. The second-order valence-corrected chi connectivity index (χ2v) is 11.5. The van der Waals surface area contributed by atoms with E-state index in [-0.39, 0.29) is 39.8 Å². The van der Waals surface area contributed by atoms with Gasteiger partial charge < -0.3 is 5.32 Å². The highest BCUT2D eigenvalue weighted by atomic mass is 32.2. The number of hydrogen-bond donors (Lipinski definition) is 2. The third-order valence-electron chi connectivity index (χ3n) is 6.52. The molecule has 0 bridgehead atoms. The highest BCUT2D eigenvalue weighted by Crippen LogP contribution is 2.38. The van der Waals surface area contributed by atoms with E-state index in [0.717, 1.165) is 12.8 Å². The van der Waals surface area contributed by atoms with Crippen molar-refractivity contribution in [3.8, 4) is 11.3 Å². The van der Waals surface area contributed by atoms with Crippen LogP contribution in [0.1, 0.15) is 54.1 Å². The van der Waals surface area contributed by atoms with Crippen LogP contribution in [0.4, 0.5) is 32.0 Å². The number of para-hydroxylation sites is 1. The van der Waals surface area contributed by atoms with Gasteiger partial charge in [-0.05, 0) is 61.0 Å². The molecule has 4 rings (SSSR count). The molecule has 1 heterocycles. The van der Waals surface area contributed by atoms with Crippen molar-refractivity contribution in [3.63, 3.8) is 0 Å². The predicted octanol–water partition coefficient (Wildman–Crippen LogP) is 7.58. The maximum atomic E-state index is 13.3. The summed E-state index contributed by atoms with van der Waals surface area (Å²) in [6, 6.07) is 13.3. The van der Waals surface area contributed by atoms with E-state index in [0.29, 0.717) is 23.9 Å². The summed E-state index contributed by atoms with van der Waals surface area (Å²) in [6.45, 7) is 1.94. The number of nitrogens with one attached hydrogen (secondary N) is 2. The van der Waals surface area contributed by atoms with E-state index in [1.165, 1.54) is 54.6 Å². The second-order valence-electron chi connectivity index (χ2n) is 9.83. The van der Waals surface area contributed by atoms with Gasteiger partial charge in [0.15, 0.2) is 0 Å². The average Bonchev–Trinajstić information content (AvgIpc) is 2.95. The Morgan fingerprint density at radius 1 is 0.818 bits per heavy atom. The zero-order valence-corrected chi connectivity index (χ0v) is 23.8. The van der Waals surface area contributed by atoms with Crippen molar-refractivity contribution in [2.75, 3.05) is 5.32 Å². The summed E-state index contributed by atoms with van der Waals surface area (Å²) in [7, 11) is -4.31. The highest BCUT2D eigenvalue weighted by molar-refractivity contribution is 7.90. The molecule has 232 valence electrons. The Bertz CT molecular complexity index is 1790. The topological polar surface area (TPSA) is 105 Å². The summed E-state index contributed by atoms with van der Waals surface area (Å²) < 4.78 is 108. The van der Waals surface area contributed by atoms with Crippen molar-refractivity contribution in [2.24, 2.45) is 0 Å². The minimum Gasteiger partial charge on any atom is -0.321 e. The van der Waals surface area contributed by atoms with Crippen LogP contribution in [-0.2, 0) is 27.2 Å². The van der Waals surface area contributed by atoms with Gasteiger partial charge in [-0.1, -0.05) is 38.0 Å². The van der Waals surface area contributed by atoms with Gasteiger partial charge in [0.2, 0.25) is 5.91 Å². The number of alkyl halides is 6. The summed E-state index contributed by atoms with van der Waals surface area (Å²) in [5, 5.41) is 2.84. The minimum atomic E-state index is -5.02. The van der Waals surface area contributed by atoms with Crippen LogP contribution in [0, 0.1) is 0 Å². The molecule has 0 radical (unpaired) electrons. The molecule has 44 heavy (non-hydrogen) atoms. The van der Waals surface area contributed by atoms with Crippen molar-refractivity contribution in [3.05, 3.63) is 89.5 Å². The largest absolute Gasteiger partial charge is 0.416 e. The summed E-state index contributed by atoms with van der Waals surface area (Å²) >= 11 is 0. The Kier molecular flexibility index (Phi) is 9.33. The van der Waals surface area contributed by atoms with Gasteiger partial charge >= 0.3 is 12.4 Å². The van der Waals surface area contributed by atoms with Crippen molar-refractivity contribution < 1.29 is 44.3 Å². The molecule has 1 aromatic heterocycles. The van der Waals surface area contributed by atoms with Crippen LogP contribution in [0.2, 0.25) is 0 Å². The first-order chi connectivity index (χ1) is 20.6. The van der Waals surface area contributed by atoms with Crippen LogP contribution in [0.25, 0.3) is 22.2 Å². The molecule has 3 aromatic carbocycles. The molecule has 0 aliphatic rings. The number of aromatic nitrogens is 1. The molecule has 2 N–H and O–H groups in total. The molecule has 0 saturated heterocycles. The van der Waals surface area contributed by atoms with Crippen molar-refractivity contribution in [2.45, 2.75) is 49.9 Å². The van der Waals surface area contributed by atoms with Crippen LogP contribution in [0.15, 0.2) is 77.7 Å². The number of halogens is 6. The fourth-order valence-electron chi connectivity index (χ4n) is 4.32. The second kappa shape index (κ2) is 12.6. The monoisotopic (exact) mass is 637 g/mol. The van der Waals surface area contributed by atoms with Crippen LogP contribution in [0.5, 0.6) is 0 Å². The fraction of sp³-hybridized carbons (Fsp3) is 0.233.